The molecule has 43 heavy (non-hydrogen) atoms. The number of aromatic carboxylic acids is 1. The van der Waals surface area contributed by atoms with E-state index in [9.17, 15) is 19.5 Å². The summed E-state index contributed by atoms with van der Waals surface area (Å²) in [6.45, 7) is 0. The molecule has 0 radical (unpaired) electrons. The van der Waals surface area contributed by atoms with Crippen LogP contribution in [0.1, 0.15) is 84.0 Å². The molecule has 2 aliphatic carbocycles. The van der Waals surface area contributed by atoms with Crippen LogP contribution in [-0.2, 0) is 4.79 Å². The summed E-state index contributed by atoms with van der Waals surface area (Å²) in [5.74, 6) is -1.54. The highest BCUT2D eigenvalue weighted by molar-refractivity contribution is 6.06. The molecule has 0 saturated heterocycles. The number of aromatic amines is 1. The lowest BCUT2D eigenvalue weighted by Crippen LogP contribution is -2.61. The second kappa shape index (κ2) is 10.7. The Morgan fingerprint density at radius 2 is 1.70 bits per heavy atom. The Labute approximate surface area is 247 Å². The summed E-state index contributed by atoms with van der Waals surface area (Å²) in [6, 6.07) is 20.7. The summed E-state index contributed by atoms with van der Waals surface area (Å²) in [6.07, 6.45) is 7.79. The third kappa shape index (κ3) is 4.92. The van der Waals surface area contributed by atoms with Crippen LogP contribution in [-0.4, -0.2) is 48.2 Å². The van der Waals surface area contributed by atoms with Crippen molar-refractivity contribution >= 4 is 45.4 Å². The molecule has 2 aliphatic rings. The number of hydrogen-bond acceptors (Lipinski definition) is 5. The Morgan fingerprint density at radius 3 is 2.42 bits per heavy atom. The second-order valence-corrected chi connectivity index (χ2v) is 11.7. The number of imidazole rings is 1. The number of benzene rings is 3. The van der Waals surface area contributed by atoms with E-state index < -0.39 is 11.5 Å². The zero-order valence-electron chi connectivity index (χ0n) is 23.6. The molecule has 0 atom stereocenters. The Bertz CT molecular complexity index is 1860. The number of carbonyl (C=O) groups is 3. The maximum absolute atomic E-state index is 13.6. The zero-order chi connectivity index (χ0) is 29.6. The molecular weight excluding hydrogens is 544 g/mol. The van der Waals surface area contributed by atoms with Crippen LogP contribution >= 0.6 is 0 Å². The van der Waals surface area contributed by atoms with Crippen LogP contribution in [0.25, 0.3) is 27.6 Å². The van der Waals surface area contributed by atoms with E-state index in [1.165, 1.54) is 25.0 Å². The molecule has 0 spiro atoms. The summed E-state index contributed by atoms with van der Waals surface area (Å²) in [4.78, 5) is 45.0. The number of amides is 2. The minimum Gasteiger partial charge on any atom is -0.475 e. The first-order chi connectivity index (χ1) is 20.9. The van der Waals surface area contributed by atoms with Crippen LogP contribution in [0, 0.1) is 0 Å². The van der Waals surface area contributed by atoms with Crippen molar-refractivity contribution in [3.63, 3.8) is 0 Å². The third-order valence-electron chi connectivity index (χ3n) is 8.90. The van der Waals surface area contributed by atoms with E-state index in [1.54, 1.807) is 18.2 Å². The van der Waals surface area contributed by atoms with Crippen LogP contribution < -0.4 is 10.6 Å². The van der Waals surface area contributed by atoms with Gasteiger partial charge in [0.1, 0.15) is 5.54 Å². The van der Waals surface area contributed by atoms with E-state index in [2.05, 4.69) is 32.7 Å². The van der Waals surface area contributed by atoms with E-state index in [1.807, 2.05) is 41.1 Å². The summed E-state index contributed by atoms with van der Waals surface area (Å²) in [7, 11) is 0. The standard InChI is InChI=1S/C33H32N6O4/c40-30(37-33(16-7-17-33)32(43)34-22-13-15-25-27(19-22)36-29(35-25)31(41)42)21-12-14-24-26(18-21)38-39(23-10-5-2-6-11-23)28(24)20-8-3-1-4-9-20/h2,5-6,10-15,18-20H,1,3-4,7-9,16-17H2,(H,34,43)(H,35,36)(H,37,40)(H,41,42). The van der Waals surface area contributed by atoms with Crippen molar-refractivity contribution in [1.82, 2.24) is 25.1 Å². The van der Waals surface area contributed by atoms with Crippen molar-refractivity contribution in [3.8, 4) is 5.69 Å². The zero-order valence-corrected chi connectivity index (χ0v) is 23.6. The molecule has 2 saturated carbocycles. The molecule has 3 aromatic carbocycles. The number of nitrogens with zero attached hydrogens (tertiary/aromatic N) is 3. The quantitative estimate of drug-likeness (QED) is 0.189. The number of nitrogens with one attached hydrogen (secondary N) is 3. The van der Waals surface area contributed by atoms with Crippen molar-refractivity contribution < 1.29 is 19.5 Å². The third-order valence-corrected chi connectivity index (χ3v) is 8.90. The van der Waals surface area contributed by atoms with Gasteiger partial charge in [0, 0.05) is 22.6 Å². The predicted molar refractivity (Wildman–Crippen MR) is 163 cm³/mol. The van der Waals surface area contributed by atoms with E-state index >= 15 is 0 Å². The van der Waals surface area contributed by atoms with Gasteiger partial charge in [0.2, 0.25) is 11.7 Å². The molecular formula is C33H32N6O4. The topological polar surface area (TPSA) is 142 Å². The Kier molecular flexibility index (Phi) is 6.68. The summed E-state index contributed by atoms with van der Waals surface area (Å²) < 4.78 is 2.04. The van der Waals surface area contributed by atoms with E-state index in [-0.39, 0.29) is 17.6 Å². The molecule has 0 unspecified atom stereocenters. The normalized spacial score (nSPS) is 16.6. The highest BCUT2D eigenvalue weighted by Gasteiger charge is 2.45. The highest BCUT2D eigenvalue weighted by atomic mass is 16.4. The molecule has 5 aromatic rings. The lowest BCUT2D eigenvalue weighted by atomic mass is 9.75. The largest absolute Gasteiger partial charge is 0.475 e. The number of aromatic nitrogens is 4. The number of fused-ring (bicyclic) bond motifs is 2. The number of H-pyrrole nitrogens is 1. The summed E-state index contributed by atoms with van der Waals surface area (Å²) in [5.41, 5.74) is 3.86. The fourth-order valence-electron chi connectivity index (χ4n) is 6.45. The molecule has 2 amide bonds. The van der Waals surface area contributed by atoms with Gasteiger partial charge in [-0.1, -0.05) is 43.5 Å². The van der Waals surface area contributed by atoms with Gasteiger partial charge in [-0.15, -0.1) is 0 Å². The first-order valence-corrected chi connectivity index (χ1v) is 14.9. The Morgan fingerprint density at radius 1 is 0.907 bits per heavy atom. The van der Waals surface area contributed by atoms with Crippen LogP contribution in [0.3, 0.4) is 0 Å². The highest BCUT2D eigenvalue weighted by Crippen LogP contribution is 2.38. The molecule has 4 N–H and O–H groups in total. The van der Waals surface area contributed by atoms with E-state index in [4.69, 9.17) is 5.10 Å². The summed E-state index contributed by atoms with van der Waals surface area (Å²) >= 11 is 0. The van der Waals surface area contributed by atoms with Gasteiger partial charge < -0.3 is 20.7 Å². The molecule has 2 fully saturated rings. The van der Waals surface area contributed by atoms with Crippen LogP contribution in [0.4, 0.5) is 5.69 Å². The van der Waals surface area contributed by atoms with Gasteiger partial charge in [-0.3, -0.25) is 9.59 Å². The van der Waals surface area contributed by atoms with Crippen molar-refractivity contribution in [2.75, 3.05) is 5.32 Å². The van der Waals surface area contributed by atoms with E-state index in [0.717, 1.165) is 35.9 Å². The maximum atomic E-state index is 13.6. The van der Waals surface area contributed by atoms with Crippen LogP contribution in [0.15, 0.2) is 66.7 Å². The van der Waals surface area contributed by atoms with Gasteiger partial charge in [-0.05, 0) is 74.6 Å². The predicted octanol–water partition coefficient (Wildman–Crippen LogP) is 5.94. The number of hydrogen-bond donors (Lipinski definition) is 4. The number of para-hydroxylation sites is 1. The van der Waals surface area contributed by atoms with Gasteiger partial charge in [-0.2, -0.15) is 5.10 Å². The van der Waals surface area contributed by atoms with Gasteiger partial charge in [0.15, 0.2) is 0 Å². The average Bonchev–Trinajstić information content (AvgIpc) is 3.61. The smallest absolute Gasteiger partial charge is 0.371 e. The van der Waals surface area contributed by atoms with Gasteiger partial charge in [0.25, 0.3) is 5.91 Å². The molecule has 7 rings (SSSR count). The Hall–Kier alpha value is -4.99. The fraction of sp³-hybridized carbons (Fsp3) is 0.303. The van der Waals surface area contributed by atoms with Gasteiger partial charge >= 0.3 is 5.97 Å². The minimum absolute atomic E-state index is 0.169. The fourth-order valence-corrected chi connectivity index (χ4v) is 6.45. The first-order valence-electron chi connectivity index (χ1n) is 14.9. The van der Waals surface area contributed by atoms with E-state index in [0.29, 0.717) is 41.0 Å². The van der Waals surface area contributed by atoms with Gasteiger partial charge in [0.05, 0.1) is 27.9 Å². The average molecular weight is 577 g/mol. The number of carboxylic acid groups (broad SMARTS) is 1. The number of carboxylic acids is 1. The van der Waals surface area contributed by atoms with Gasteiger partial charge in [-0.25, -0.2) is 14.5 Å². The van der Waals surface area contributed by atoms with Crippen molar-refractivity contribution in [2.24, 2.45) is 0 Å². The lowest BCUT2D eigenvalue weighted by molar-refractivity contribution is -0.125. The first kappa shape index (κ1) is 26.9. The minimum atomic E-state index is -1.16. The molecule has 10 nitrogen and oxygen atoms in total. The summed E-state index contributed by atoms with van der Waals surface area (Å²) in [5, 5.41) is 21.2. The van der Waals surface area contributed by atoms with Crippen molar-refractivity contribution in [1.29, 1.82) is 0 Å². The second-order valence-electron chi connectivity index (χ2n) is 11.7. The Balaban J connectivity index is 1.14. The van der Waals surface area contributed by atoms with Crippen LogP contribution in [0.5, 0.6) is 0 Å². The lowest BCUT2D eigenvalue weighted by Gasteiger charge is -2.40. The molecule has 0 aliphatic heterocycles. The molecule has 2 aromatic heterocycles. The number of rotatable bonds is 7. The monoisotopic (exact) mass is 576 g/mol. The molecule has 2 heterocycles. The number of carbonyl (C=O) groups excluding carboxylic acids is 2. The molecule has 10 heteroatoms. The SMILES string of the molecule is O=C(NC1(C(=O)Nc2ccc3nc(C(=O)O)[nH]c3c2)CCC1)c1ccc2c(C3CCCCC3)n(-c3ccccc3)nc2c1. The van der Waals surface area contributed by atoms with Crippen molar-refractivity contribution in [2.45, 2.75) is 62.8 Å². The van der Waals surface area contributed by atoms with Crippen molar-refractivity contribution in [3.05, 3.63) is 83.8 Å². The molecule has 218 valence electrons. The number of anilines is 1. The maximum Gasteiger partial charge on any atom is 0.371 e. The van der Waals surface area contributed by atoms with Crippen LogP contribution in [0.2, 0.25) is 0 Å². The molecule has 0 bridgehead atoms.